The Bertz CT molecular complexity index is 484. The van der Waals surface area contributed by atoms with Crippen LogP contribution in [0, 0.1) is 5.92 Å². The summed E-state index contributed by atoms with van der Waals surface area (Å²) in [5.74, 6) is -0.133. The fourth-order valence-electron chi connectivity index (χ4n) is 2.62. The second kappa shape index (κ2) is 8.38. The number of nitrogens with one attached hydrogen (secondary N) is 2. The van der Waals surface area contributed by atoms with Crippen LogP contribution in [0.1, 0.15) is 31.2 Å². The molecular weight excluding hydrogens is 284 g/mol. The van der Waals surface area contributed by atoms with Crippen molar-refractivity contribution < 1.29 is 19.2 Å². The third-order valence-electron chi connectivity index (χ3n) is 3.84. The number of ether oxygens (including phenoxy) is 1. The minimum Gasteiger partial charge on any atom is -0.445 e. The predicted molar refractivity (Wildman–Crippen MR) is 80.7 cm³/mol. The Labute approximate surface area is 130 Å². The SMILES string of the molecule is CONC(=O)C1CCC(NC(=O)OCc2ccccc2)CC1. The summed E-state index contributed by atoms with van der Waals surface area (Å²) in [7, 11) is 1.42. The summed E-state index contributed by atoms with van der Waals surface area (Å²) < 4.78 is 5.19. The highest BCUT2D eigenvalue weighted by Gasteiger charge is 2.27. The highest BCUT2D eigenvalue weighted by molar-refractivity contribution is 5.77. The van der Waals surface area contributed by atoms with E-state index in [0.29, 0.717) is 0 Å². The van der Waals surface area contributed by atoms with Gasteiger partial charge in [-0.3, -0.25) is 9.63 Å². The molecule has 6 heteroatoms. The van der Waals surface area contributed by atoms with Crippen LogP contribution in [0.25, 0.3) is 0 Å². The molecule has 6 nitrogen and oxygen atoms in total. The van der Waals surface area contributed by atoms with Gasteiger partial charge in [0.1, 0.15) is 6.61 Å². The molecule has 0 aliphatic heterocycles. The zero-order valence-corrected chi connectivity index (χ0v) is 12.7. The minimum atomic E-state index is -0.409. The summed E-state index contributed by atoms with van der Waals surface area (Å²) in [6, 6.07) is 9.61. The molecule has 0 saturated heterocycles. The number of alkyl carbamates (subject to hydrolysis) is 1. The van der Waals surface area contributed by atoms with Gasteiger partial charge in [-0.15, -0.1) is 0 Å². The second-order valence-corrected chi connectivity index (χ2v) is 5.43. The third-order valence-corrected chi connectivity index (χ3v) is 3.84. The largest absolute Gasteiger partial charge is 0.445 e. The van der Waals surface area contributed by atoms with Crippen LogP contribution in [-0.4, -0.2) is 25.2 Å². The second-order valence-electron chi connectivity index (χ2n) is 5.43. The molecule has 2 amide bonds. The van der Waals surface area contributed by atoms with Crippen molar-refractivity contribution in [1.82, 2.24) is 10.8 Å². The lowest BCUT2D eigenvalue weighted by molar-refractivity contribution is -0.136. The van der Waals surface area contributed by atoms with E-state index in [1.165, 1.54) is 7.11 Å². The minimum absolute atomic E-state index is 0.0432. The molecule has 0 atom stereocenters. The molecule has 1 aliphatic carbocycles. The highest BCUT2D eigenvalue weighted by Crippen LogP contribution is 2.24. The molecule has 0 radical (unpaired) electrons. The van der Waals surface area contributed by atoms with E-state index in [4.69, 9.17) is 4.74 Å². The highest BCUT2D eigenvalue weighted by atomic mass is 16.6. The Hall–Kier alpha value is -2.08. The number of hydrogen-bond acceptors (Lipinski definition) is 4. The van der Waals surface area contributed by atoms with E-state index in [0.717, 1.165) is 31.2 Å². The molecule has 2 N–H and O–H groups in total. The van der Waals surface area contributed by atoms with E-state index in [-0.39, 0.29) is 24.5 Å². The molecule has 1 aliphatic rings. The topological polar surface area (TPSA) is 76.7 Å². The fourth-order valence-corrected chi connectivity index (χ4v) is 2.62. The van der Waals surface area contributed by atoms with Crippen LogP contribution in [0.3, 0.4) is 0 Å². The summed E-state index contributed by atoms with van der Waals surface area (Å²) in [5.41, 5.74) is 3.31. The molecule has 2 rings (SSSR count). The average molecular weight is 306 g/mol. The Balaban J connectivity index is 1.67. The van der Waals surface area contributed by atoms with Gasteiger partial charge in [0.15, 0.2) is 0 Å². The number of carbonyl (C=O) groups is 2. The van der Waals surface area contributed by atoms with E-state index in [2.05, 4.69) is 15.6 Å². The molecule has 22 heavy (non-hydrogen) atoms. The van der Waals surface area contributed by atoms with Crippen LogP contribution in [0.4, 0.5) is 4.79 Å². The van der Waals surface area contributed by atoms with Crippen LogP contribution in [0.5, 0.6) is 0 Å². The van der Waals surface area contributed by atoms with Crippen LogP contribution in [0.2, 0.25) is 0 Å². The Kier molecular flexibility index (Phi) is 6.21. The van der Waals surface area contributed by atoms with Gasteiger partial charge < -0.3 is 10.1 Å². The van der Waals surface area contributed by atoms with Gasteiger partial charge in [0.05, 0.1) is 7.11 Å². The lowest BCUT2D eigenvalue weighted by Gasteiger charge is -2.27. The van der Waals surface area contributed by atoms with E-state index < -0.39 is 6.09 Å². The van der Waals surface area contributed by atoms with E-state index in [9.17, 15) is 9.59 Å². The fraction of sp³-hybridized carbons (Fsp3) is 0.500. The summed E-state index contributed by atoms with van der Waals surface area (Å²) in [4.78, 5) is 28.0. The van der Waals surface area contributed by atoms with Crippen LogP contribution in [-0.2, 0) is 21.0 Å². The smallest absolute Gasteiger partial charge is 0.407 e. The zero-order valence-electron chi connectivity index (χ0n) is 12.7. The van der Waals surface area contributed by atoms with Crippen molar-refractivity contribution in [2.24, 2.45) is 5.92 Å². The number of amides is 2. The maximum Gasteiger partial charge on any atom is 0.407 e. The van der Waals surface area contributed by atoms with Crippen molar-refractivity contribution in [2.45, 2.75) is 38.3 Å². The number of rotatable bonds is 5. The van der Waals surface area contributed by atoms with Crippen molar-refractivity contribution in [3.05, 3.63) is 35.9 Å². The van der Waals surface area contributed by atoms with Crippen LogP contribution < -0.4 is 10.8 Å². The summed E-state index contributed by atoms with van der Waals surface area (Å²) in [5, 5.41) is 2.86. The Morgan fingerprint density at radius 3 is 2.45 bits per heavy atom. The van der Waals surface area contributed by atoms with Gasteiger partial charge in [-0.05, 0) is 31.2 Å². The molecular formula is C16H22N2O4. The van der Waals surface area contributed by atoms with Gasteiger partial charge in [0, 0.05) is 12.0 Å². The molecule has 0 heterocycles. The maximum atomic E-state index is 11.8. The van der Waals surface area contributed by atoms with Gasteiger partial charge in [-0.1, -0.05) is 30.3 Å². The standard InChI is InChI=1S/C16H22N2O4/c1-21-18-15(19)13-7-9-14(10-8-13)17-16(20)22-11-12-5-3-2-4-6-12/h2-6,13-14H,7-11H2,1H3,(H,17,20)(H,18,19). The quantitative estimate of drug-likeness (QED) is 0.817. The van der Waals surface area contributed by atoms with Crippen molar-refractivity contribution in [2.75, 3.05) is 7.11 Å². The monoisotopic (exact) mass is 306 g/mol. The maximum absolute atomic E-state index is 11.8. The molecule has 1 aromatic rings. The molecule has 0 aromatic heterocycles. The number of benzene rings is 1. The number of hydroxylamine groups is 1. The van der Waals surface area contributed by atoms with Gasteiger partial charge in [0.25, 0.3) is 0 Å². The van der Waals surface area contributed by atoms with Gasteiger partial charge in [-0.2, -0.15) is 0 Å². The van der Waals surface area contributed by atoms with Crippen molar-refractivity contribution >= 4 is 12.0 Å². The first-order valence-corrected chi connectivity index (χ1v) is 7.49. The van der Waals surface area contributed by atoms with Crippen molar-refractivity contribution in [3.63, 3.8) is 0 Å². The van der Waals surface area contributed by atoms with Crippen molar-refractivity contribution in [1.29, 1.82) is 0 Å². The van der Waals surface area contributed by atoms with E-state index in [1.54, 1.807) is 0 Å². The lowest BCUT2D eigenvalue weighted by Crippen LogP contribution is -2.40. The van der Waals surface area contributed by atoms with Crippen molar-refractivity contribution in [3.8, 4) is 0 Å². The van der Waals surface area contributed by atoms with Crippen LogP contribution >= 0.6 is 0 Å². The number of carbonyl (C=O) groups excluding carboxylic acids is 2. The van der Waals surface area contributed by atoms with E-state index in [1.807, 2.05) is 30.3 Å². The first-order valence-electron chi connectivity index (χ1n) is 7.49. The summed E-state index contributed by atoms with van der Waals surface area (Å²) >= 11 is 0. The number of hydrogen-bond donors (Lipinski definition) is 2. The van der Waals surface area contributed by atoms with Gasteiger partial charge in [-0.25, -0.2) is 10.3 Å². The molecule has 1 aromatic carbocycles. The molecule has 1 saturated carbocycles. The summed E-state index contributed by atoms with van der Waals surface area (Å²) in [6.45, 7) is 0.262. The Morgan fingerprint density at radius 2 is 1.82 bits per heavy atom. The van der Waals surface area contributed by atoms with Crippen LogP contribution in [0.15, 0.2) is 30.3 Å². The first-order chi connectivity index (χ1) is 10.7. The molecule has 0 unspecified atom stereocenters. The average Bonchev–Trinajstić information content (AvgIpc) is 2.55. The summed E-state index contributed by atoms with van der Waals surface area (Å²) in [6.07, 6.45) is 2.59. The lowest BCUT2D eigenvalue weighted by atomic mass is 9.86. The Morgan fingerprint density at radius 1 is 1.14 bits per heavy atom. The van der Waals surface area contributed by atoms with Gasteiger partial charge >= 0.3 is 6.09 Å². The molecule has 1 fully saturated rings. The zero-order chi connectivity index (χ0) is 15.8. The molecule has 0 spiro atoms. The molecule has 0 bridgehead atoms. The predicted octanol–water partition coefficient (Wildman–Crippen LogP) is 2.15. The first kappa shape index (κ1) is 16.3. The normalized spacial score (nSPS) is 21.0. The van der Waals surface area contributed by atoms with Gasteiger partial charge in [0.2, 0.25) is 5.91 Å². The molecule has 120 valence electrons. The van der Waals surface area contributed by atoms with E-state index >= 15 is 0 Å². The third kappa shape index (κ3) is 5.04.